The second-order valence-electron chi connectivity index (χ2n) is 6.72. The Morgan fingerprint density at radius 2 is 1.67 bits per heavy atom. The first-order chi connectivity index (χ1) is 8.32. The number of nitrogens with zero attached hydrogens (tertiary/aromatic N) is 2. The van der Waals surface area contributed by atoms with Gasteiger partial charge in [-0.2, -0.15) is 0 Å². The Balaban J connectivity index is 3.01. The molecule has 0 aliphatic carbocycles. The lowest BCUT2D eigenvalue weighted by molar-refractivity contribution is 0.102. The zero-order valence-electron chi connectivity index (χ0n) is 13.0. The van der Waals surface area contributed by atoms with Crippen LogP contribution in [0, 0.1) is 11.8 Å². The summed E-state index contributed by atoms with van der Waals surface area (Å²) in [6.45, 7) is 14.6. The van der Waals surface area contributed by atoms with Crippen LogP contribution in [0.1, 0.15) is 60.8 Å². The molecule has 0 aromatic heterocycles. The van der Waals surface area contributed by atoms with Crippen molar-refractivity contribution in [3.05, 3.63) is 0 Å². The fourth-order valence-electron chi connectivity index (χ4n) is 3.43. The molecule has 1 unspecified atom stereocenters. The summed E-state index contributed by atoms with van der Waals surface area (Å²) in [7, 11) is 0. The normalized spacial score (nSPS) is 20.7. The molecule has 0 aromatic carbocycles. The van der Waals surface area contributed by atoms with Crippen LogP contribution in [0.15, 0.2) is 4.99 Å². The Bertz CT molecular complexity index is 284. The van der Waals surface area contributed by atoms with Gasteiger partial charge in [0.05, 0.1) is 12.1 Å². The van der Waals surface area contributed by atoms with Crippen molar-refractivity contribution in [3.8, 4) is 0 Å². The monoisotopic (exact) mass is 253 g/mol. The highest BCUT2D eigenvalue weighted by atomic mass is 15.4. The molecule has 0 aromatic rings. The lowest BCUT2D eigenvalue weighted by Gasteiger charge is -2.45. The van der Waals surface area contributed by atoms with Crippen molar-refractivity contribution in [2.24, 2.45) is 22.6 Å². The highest BCUT2D eigenvalue weighted by Crippen LogP contribution is 2.36. The highest BCUT2D eigenvalue weighted by Gasteiger charge is 2.44. The lowest BCUT2D eigenvalue weighted by atomic mass is 9.80. The first-order valence-corrected chi connectivity index (χ1v) is 7.41. The molecule has 3 nitrogen and oxygen atoms in total. The van der Waals surface area contributed by atoms with Crippen LogP contribution in [0.5, 0.6) is 0 Å². The molecule has 1 aliphatic heterocycles. The number of guanidine groups is 1. The Kier molecular flexibility index (Phi) is 5.06. The first-order valence-electron chi connectivity index (χ1n) is 7.41. The van der Waals surface area contributed by atoms with E-state index in [1.54, 1.807) is 0 Å². The van der Waals surface area contributed by atoms with Gasteiger partial charge in [0.15, 0.2) is 5.96 Å². The van der Waals surface area contributed by atoms with E-state index in [1.165, 1.54) is 12.8 Å². The van der Waals surface area contributed by atoms with E-state index in [0.717, 1.165) is 18.9 Å². The van der Waals surface area contributed by atoms with E-state index in [0.29, 0.717) is 17.9 Å². The van der Waals surface area contributed by atoms with E-state index in [-0.39, 0.29) is 5.54 Å². The number of rotatable bonds is 6. The third-order valence-electron chi connectivity index (χ3n) is 3.90. The van der Waals surface area contributed by atoms with Crippen LogP contribution in [0.3, 0.4) is 0 Å². The highest BCUT2D eigenvalue weighted by molar-refractivity contribution is 5.81. The van der Waals surface area contributed by atoms with Gasteiger partial charge in [0, 0.05) is 6.04 Å². The van der Waals surface area contributed by atoms with Crippen LogP contribution in [0.2, 0.25) is 0 Å². The summed E-state index contributed by atoms with van der Waals surface area (Å²) >= 11 is 0. The number of aliphatic imine (C=N–C) groups is 1. The molecule has 3 heteroatoms. The van der Waals surface area contributed by atoms with E-state index in [4.69, 9.17) is 5.73 Å². The first kappa shape index (κ1) is 15.3. The van der Waals surface area contributed by atoms with Gasteiger partial charge >= 0.3 is 0 Å². The standard InChI is InChI=1S/C15H31N3/c1-7-13(6)18-14(16)17-10-15(18,8-11(2)3)9-12(4)5/h11-13H,7-10H2,1-6H3,(H2,16,17). The van der Waals surface area contributed by atoms with E-state index in [1.807, 2.05) is 0 Å². The molecule has 0 spiro atoms. The van der Waals surface area contributed by atoms with Gasteiger partial charge in [-0.25, -0.2) is 0 Å². The van der Waals surface area contributed by atoms with Crippen LogP contribution in [-0.2, 0) is 0 Å². The molecule has 0 amide bonds. The van der Waals surface area contributed by atoms with Gasteiger partial charge in [-0.05, 0) is 38.0 Å². The Labute approximate surface area is 113 Å². The summed E-state index contributed by atoms with van der Waals surface area (Å²) in [6.07, 6.45) is 3.48. The summed E-state index contributed by atoms with van der Waals surface area (Å²) < 4.78 is 0. The molecule has 0 bridgehead atoms. The Morgan fingerprint density at radius 1 is 1.17 bits per heavy atom. The van der Waals surface area contributed by atoms with Gasteiger partial charge in [0.25, 0.3) is 0 Å². The SMILES string of the molecule is CCC(C)N1C(N)=NCC1(CC(C)C)CC(C)C. The zero-order chi connectivity index (χ0) is 13.9. The molecular weight excluding hydrogens is 222 g/mol. The summed E-state index contributed by atoms with van der Waals surface area (Å²) in [4.78, 5) is 6.98. The molecule has 1 rings (SSSR count). The Morgan fingerprint density at radius 3 is 2.06 bits per heavy atom. The van der Waals surface area contributed by atoms with Gasteiger partial charge in [-0.3, -0.25) is 4.99 Å². The third kappa shape index (κ3) is 3.18. The second kappa shape index (κ2) is 5.94. The molecule has 0 radical (unpaired) electrons. The van der Waals surface area contributed by atoms with Crippen molar-refractivity contribution in [3.63, 3.8) is 0 Å². The zero-order valence-corrected chi connectivity index (χ0v) is 13.0. The average molecular weight is 253 g/mol. The molecular formula is C15H31N3. The molecule has 0 fully saturated rings. The van der Waals surface area contributed by atoms with Gasteiger partial charge in [-0.15, -0.1) is 0 Å². The fourth-order valence-corrected chi connectivity index (χ4v) is 3.43. The van der Waals surface area contributed by atoms with Gasteiger partial charge in [0.1, 0.15) is 0 Å². The predicted molar refractivity (Wildman–Crippen MR) is 79.7 cm³/mol. The molecule has 1 atom stereocenters. The van der Waals surface area contributed by atoms with E-state index in [9.17, 15) is 0 Å². The number of hydrogen-bond acceptors (Lipinski definition) is 3. The maximum atomic E-state index is 6.16. The summed E-state index contributed by atoms with van der Waals surface area (Å²) in [5.74, 6) is 2.11. The minimum atomic E-state index is 0.155. The van der Waals surface area contributed by atoms with Crippen molar-refractivity contribution in [2.75, 3.05) is 6.54 Å². The largest absolute Gasteiger partial charge is 0.370 e. The molecule has 18 heavy (non-hydrogen) atoms. The maximum Gasteiger partial charge on any atom is 0.192 e. The smallest absolute Gasteiger partial charge is 0.192 e. The van der Waals surface area contributed by atoms with Crippen LogP contribution in [-0.4, -0.2) is 29.0 Å². The Hall–Kier alpha value is -0.730. The van der Waals surface area contributed by atoms with Crippen LogP contribution in [0.4, 0.5) is 0 Å². The second-order valence-corrected chi connectivity index (χ2v) is 6.72. The molecule has 1 aliphatic rings. The van der Waals surface area contributed by atoms with Crippen LogP contribution >= 0.6 is 0 Å². The van der Waals surface area contributed by atoms with Crippen molar-refractivity contribution in [1.29, 1.82) is 0 Å². The fraction of sp³-hybridized carbons (Fsp3) is 0.933. The minimum Gasteiger partial charge on any atom is -0.370 e. The van der Waals surface area contributed by atoms with Crippen LogP contribution in [0.25, 0.3) is 0 Å². The van der Waals surface area contributed by atoms with Crippen molar-refractivity contribution >= 4 is 5.96 Å². The third-order valence-corrected chi connectivity index (χ3v) is 3.90. The maximum absolute atomic E-state index is 6.16. The van der Waals surface area contributed by atoms with Crippen molar-refractivity contribution in [2.45, 2.75) is 72.4 Å². The molecule has 0 saturated carbocycles. The van der Waals surface area contributed by atoms with Gasteiger partial charge < -0.3 is 10.6 Å². The molecule has 0 saturated heterocycles. The van der Waals surface area contributed by atoms with Crippen molar-refractivity contribution in [1.82, 2.24) is 4.90 Å². The molecule has 1 heterocycles. The topological polar surface area (TPSA) is 41.6 Å². The van der Waals surface area contributed by atoms with Gasteiger partial charge in [0.2, 0.25) is 0 Å². The van der Waals surface area contributed by atoms with E-state index >= 15 is 0 Å². The number of hydrogen-bond donors (Lipinski definition) is 1. The van der Waals surface area contributed by atoms with E-state index in [2.05, 4.69) is 51.4 Å². The summed E-state index contributed by atoms with van der Waals surface area (Å²) in [5, 5.41) is 0. The van der Waals surface area contributed by atoms with Crippen molar-refractivity contribution < 1.29 is 0 Å². The van der Waals surface area contributed by atoms with Crippen LogP contribution < -0.4 is 5.73 Å². The predicted octanol–water partition coefficient (Wildman–Crippen LogP) is 3.25. The number of nitrogens with two attached hydrogens (primary N) is 1. The summed E-state index contributed by atoms with van der Waals surface area (Å²) in [6, 6.07) is 0.480. The molecule has 2 N–H and O–H groups in total. The quantitative estimate of drug-likeness (QED) is 0.789. The van der Waals surface area contributed by atoms with E-state index < -0.39 is 0 Å². The van der Waals surface area contributed by atoms with Gasteiger partial charge in [-0.1, -0.05) is 34.6 Å². The minimum absolute atomic E-state index is 0.155. The lowest BCUT2D eigenvalue weighted by Crippen LogP contribution is -2.56. The summed E-state index contributed by atoms with van der Waals surface area (Å²) in [5.41, 5.74) is 6.31. The average Bonchev–Trinajstić information content (AvgIpc) is 2.53. The molecule has 106 valence electrons.